The van der Waals surface area contributed by atoms with Gasteiger partial charge in [-0.3, -0.25) is 14.4 Å². The van der Waals surface area contributed by atoms with Gasteiger partial charge in [0.1, 0.15) is 0 Å². The molecule has 0 heterocycles. The Morgan fingerprint density at radius 1 is 0.410 bits per heavy atom. The van der Waals surface area contributed by atoms with Gasteiger partial charge in [0.15, 0.2) is 0 Å². The highest BCUT2D eigenvalue weighted by Gasteiger charge is 2.27. The molecule has 6 nitrogen and oxygen atoms in total. The summed E-state index contributed by atoms with van der Waals surface area (Å²) >= 11 is 0. The van der Waals surface area contributed by atoms with Crippen molar-refractivity contribution in [2.45, 2.75) is 168 Å². The predicted molar refractivity (Wildman–Crippen MR) is 160 cm³/mol. The van der Waals surface area contributed by atoms with Gasteiger partial charge >= 0.3 is 17.9 Å². The van der Waals surface area contributed by atoms with E-state index >= 15 is 0 Å². The molecule has 0 aromatic carbocycles. The Bertz CT molecular complexity index is 543. The van der Waals surface area contributed by atoms with Crippen molar-refractivity contribution in [1.29, 1.82) is 0 Å². The van der Waals surface area contributed by atoms with Crippen LogP contribution in [0, 0.1) is 5.92 Å². The number of carbonyl (C=O) groups excluding carboxylic acids is 3. The molecule has 0 radical (unpaired) electrons. The highest BCUT2D eigenvalue weighted by Crippen LogP contribution is 2.16. The van der Waals surface area contributed by atoms with Gasteiger partial charge in [0.05, 0.1) is 38.6 Å². The standard InChI is InChI=1S/C33H62O6/c1-4-7-10-13-16-19-22-25-37-31(34)28-30(33(36)39-27-24-21-18-15-12-9-6-3)29-32(35)38-26-23-20-17-14-11-8-5-2/h30H,4-29H2,1-3H3. The summed E-state index contributed by atoms with van der Waals surface area (Å²) < 4.78 is 16.2. The molecule has 0 unspecified atom stereocenters. The third kappa shape index (κ3) is 26.4. The lowest BCUT2D eigenvalue weighted by Gasteiger charge is -2.15. The topological polar surface area (TPSA) is 78.9 Å². The zero-order valence-electron chi connectivity index (χ0n) is 25.9. The Kier molecular flexibility index (Phi) is 28.2. The van der Waals surface area contributed by atoms with Gasteiger partial charge in [-0.25, -0.2) is 0 Å². The number of hydrogen-bond acceptors (Lipinski definition) is 6. The minimum absolute atomic E-state index is 0.140. The minimum Gasteiger partial charge on any atom is -0.466 e. The van der Waals surface area contributed by atoms with Crippen LogP contribution >= 0.6 is 0 Å². The van der Waals surface area contributed by atoms with Gasteiger partial charge in [-0.2, -0.15) is 0 Å². The van der Waals surface area contributed by atoms with E-state index in [9.17, 15) is 14.4 Å². The van der Waals surface area contributed by atoms with Crippen molar-refractivity contribution in [3.05, 3.63) is 0 Å². The van der Waals surface area contributed by atoms with Crippen LogP contribution in [0.25, 0.3) is 0 Å². The molecule has 0 saturated carbocycles. The summed E-state index contributed by atoms with van der Waals surface area (Å²) in [5.74, 6) is -2.24. The van der Waals surface area contributed by atoms with Crippen LogP contribution in [0.3, 0.4) is 0 Å². The highest BCUT2D eigenvalue weighted by atomic mass is 16.5. The maximum atomic E-state index is 12.8. The first kappa shape index (κ1) is 37.4. The Hall–Kier alpha value is -1.59. The fourth-order valence-electron chi connectivity index (χ4n) is 4.60. The van der Waals surface area contributed by atoms with E-state index in [1.165, 1.54) is 77.0 Å². The van der Waals surface area contributed by atoms with Crippen LogP contribution in [0.15, 0.2) is 0 Å². The Morgan fingerprint density at radius 2 is 0.692 bits per heavy atom. The second-order valence-electron chi connectivity index (χ2n) is 11.1. The van der Waals surface area contributed by atoms with Crippen molar-refractivity contribution in [3.8, 4) is 0 Å². The fourth-order valence-corrected chi connectivity index (χ4v) is 4.60. The van der Waals surface area contributed by atoms with E-state index in [4.69, 9.17) is 14.2 Å². The molecule has 0 spiro atoms. The number of ether oxygens (including phenoxy) is 3. The molecular formula is C33H62O6. The van der Waals surface area contributed by atoms with Gasteiger partial charge in [-0.05, 0) is 19.3 Å². The molecule has 0 aliphatic heterocycles. The molecule has 6 heteroatoms. The second kappa shape index (κ2) is 29.4. The van der Waals surface area contributed by atoms with Crippen molar-refractivity contribution < 1.29 is 28.6 Å². The summed E-state index contributed by atoms with van der Waals surface area (Å²) in [7, 11) is 0. The van der Waals surface area contributed by atoms with Crippen LogP contribution in [-0.2, 0) is 28.6 Å². The lowest BCUT2D eigenvalue weighted by Crippen LogP contribution is -2.26. The van der Waals surface area contributed by atoms with E-state index in [1.807, 2.05) is 0 Å². The predicted octanol–water partition coefficient (Wildman–Crippen LogP) is 9.26. The van der Waals surface area contributed by atoms with Crippen molar-refractivity contribution >= 4 is 17.9 Å². The number of hydrogen-bond donors (Lipinski definition) is 0. The maximum absolute atomic E-state index is 12.8. The SMILES string of the molecule is CCCCCCCCCOC(=O)CC(CC(=O)OCCCCCCCCC)C(=O)OCCCCCCCCC. The molecule has 0 rings (SSSR count). The van der Waals surface area contributed by atoms with E-state index in [0.29, 0.717) is 19.8 Å². The summed E-state index contributed by atoms with van der Waals surface area (Å²) in [6.45, 7) is 7.64. The Labute approximate surface area is 240 Å². The maximum Gasteiger partial charge on any atom is 0.310 e. The molecule has 0 aliphatic rings. The molecule has 39 heavy (non-hydrogen) atoms. The molecule has 0 bridgehead atoms. The number of carbonyl (C=O) groups is 3. The summed E-state index contributed by atoms with van der Waals surface area (Å²) in [6.07, 6.45) is 23.6. The third-order valence-corrected chi connectivity index (χ3v) is 7.17. The summed E-state index contributed by atoms with van der Waals surface area (Å²) in [6, 6.07) is 0. The van der Waals surface area contributed by atoms with Crippen LogP contribution in [0.5, 0.6) is 0 Å². The number of rotatable bonds is 29. The molecule has 0 aromatic rings. The van der Waals surface area contributed by atoms with Gasteiger partial charge in [0.25, 0.3) is 0 Å². The van der Waals surface area contributed by atoms with Crippen LogP contribution < -0.4 is 0 Å². The average Bonchev–Trinajstić information content (AvgIpc) is 2.92. The van der Waals surface area contributed by atoms with E-state index in [-0.39, 0.29) is 12.8 Å². The van der Waals surface area contributed by atoms with Gasteiger partial charge in [0.2, 0.25) is 0 Å². The summed E-state index contributed by atoms with van der Waals surface area (Å²) in [5, 5.41) is 0. The van der Waals surface area contributed by atoms with E-state index in [1.54, 1.807) is 0 Å². The highest BCUT2D eigenvalue weighted by molar-refractivity contribution is 5.84. The zero-order valence-corrected chi connectivity index (χ0v) is 25.9. The van der Waals surface area contributed by atoms with Crippen LogP contribution in [0.1, 0.15) is 168 Å². The van der Waals surface area contributed by atoms with Gasteiger partial charge in [-0.15, -0.1) is 0 Å². The minimum atomic E-state index is -0.849. The van der Waals surface area contributed by atoms with E-state index in [2.05, 4.69) is 20.8 Å². The molecule has 0 aliphatic carbocycles. The molecule has 0 atom stereocenters. The van der Waals surface area contributed by atoms with Gasteiger partial charge in [0, 0.05) is 0 Å². The number of esters is 3. The Morgan fingerprint density at radius 3 is 1.03 bits per heavy atom. The van der Waals surface area contributed by atoms with Gasteiger partial charge < -0.3 is 14.2 Å². The largest absolute Gasteiger partial charge is 0.466 e. The van der Waals surface area contributed by atoms with Crippen molar-refractivity contribution in [3.63, 3.8) is 0 Å². The van der Waals surface area contributed by atoms with Crippen LogP contribution in [-0.4, -0.2) is 37.7 Å². The second-order valence-corrected chi connectivity index (χ2v) is 11.1. The zero-order chi connectivity index (χ0) is 28.8. The molecular weight excluding hydrogens is 492 g/mol. The number of unbranched alkanes of at least 4 members (excludes halogenated alkanes) is 18. The quantitative estimate of drug-likeness (QED) is 0.0521. The van der Waals surface area contributed by atoms with Crippen molar-refractivity contribution in [2.24, 2.45) is 5.92 Å². The van der Waals surface area contributed by atoms with Crippen LogP contribution in [0.4, 0.5) is 0 Å². The lowest BCUT2D eigenvalue weighted by molar-refractivity contribution is -0.159. The average molecular weight is 555 g/mol. The summed E-state index contributed by atoms with van der Waals surface area (Å²) in [5.41, 5.74) is 0. The van der Waals surface area contributed by atoms with Gasteiger partial charge in [-0.1, -0.05) is 136 Å². The van der Waals surface area contributed by atoms with E-state index in [0.717, 1.165) is 57.8 Å². The molecule has 0 saturated heterocycles. The normalized spacial score (nSPS) is 11.1. The molecule has 0 amide bonds. The Balaban J connectivity index is 4.41. The third-order valence-electron chi connectivity index (χ3n) is 7.17. The smallest absolute Gasteiger partial charge is 0.310 e. The fraction of sp³-hybridized carbons (Fsp3) is 0.909. The van der Waals surface area contributed by atoms with E-state index < -0.39 is 23.8 Å². The monoisotopic (exact) mass is 554 g/mol. The first-order valence-electron chi connectivity index (χ1n) is 16.5. The molecule has 230 valence electrons. The van der Waals surface area contributed by atoms with Crippen molar-refractivity contribution in [2.75, 3.05) is 19.8 Å². The molecule has 0 fully saturated rings. The lowest BCUT2D eigenvalue weighted by atomic mass is 10.0. The molecule has 0 aromatic heterocycles. The first-order valence-corrected chi connectivity index (χ1v) is 16.5. The van der Waals surface area contributed by atoms with Crippen molar-refractivity contribution in [1.82, 2.24) is 0 Å². The summed E-state index contributed by atoms with van der Waals surface area (Å²) in [4.78, 5) is 37.6. The van der Waals surface area contributed by atoms with Crippen LogP contribution in [0.2, 0.25) is 0 Å². The first-order chi connectivity index (χ1) is 19.0. The molecule has 0 N–H and O–H groups in total.